The number of benzene rings is 3. The molecule has 2 N–H and O–H groups in total. The predicted molar refractivity (Wildman–Crippen MR) is 122 cm³/mol. The van der Waals surface area contributed by atoms with Crippen molar-refractivity contribution in [2.24, 2.45) is 0 Å². The molecule has 0 heterocycles. The summed E-state index contributed by atoms with van der Waals surface area (Å²) in [5, 5.41) is 5.51. The van der Waals surface area contributed by atoms with Crippen molar-refractivity contribution in [1.29, 1.82) is 0 Å². The number of nitrogens with one attached hydrogen (secondary N) is 2. The molecule has 3 aromatic rings. The van der Waals surface area contributed by atoms with Crippen molar-refractivity contribution in [3.63, 3.8) is 0 Å². The first-order valence-electron chi connectivity index (χ1n) is 10.4. The third-order valence-electron chi connectivity index (χ3n) is 4.80. The Labute approximate surface area is 183 Å². The molecule has 160 valence electrons. The van der Waals surface area contributed by atoms with E-state index in [0.717, 1.165) is 28.0 Å². The fourth-order valence-electron chi connectivity index (χ4n) is 3.27. The minimum Gasteiger partial charge on any atom is -0.489 e. The Morgan fingerprint density at radius 1 is 0.806 bits per heavy atom. The third-order valence-corrected chi connectivity index (χ3v) is 4.80. The quantitative estimate of drug-likeness (QED) is 0.555. The number of carbonyl (C=O) groups is 2. The van der Waals surface area contributed by atoms with Crippen LogP contribution in [0, 0.1) is 13.8 Å². The minimum absolute atomic E-state index is 0.0436. The topological polar surface area (TPSA) is 67.4 Å². The van der Waals surface area contributed by atoms with Gasteiger partial charge in [-0.15, -0.1) is 0 Å². The zero-order chi connectivity index (χ0) is 22.1. The lowest BCUT2D eigenvalue weighted by atomic mass is 10.1. The molecule has 5 nitrogen and oxygen atoms in total. The smallest absolute Gasteiger partial charge is 0.251 e. The summed E-state index contributed by atoms with van der Waals surface area (Å²) < 4.78 is 5.79. The lowest BCUT2D eigenvalue weighted by Gasteiger charge is -2.09. The van der Waals surface area contributed by atoms with E-state index in [1.165, 1.54) is 0 Å². The van der Waals surface area contributed by atoms with E-state index in [-0.39, 0.29) is 18.4 Å². The second kappa shape index (κ2) is 11.0. The van der Waals surface area contributed by atoms with Gasteiger partial charge >= 0.3 is 0 Å². The molecule has 5 heteroatoms. The van der Waals surface area contributed by atoms with Gasteiger partial charge in [-0.3, -0.25) is 9.59 Å². The van der Waals surface area contributed by atoms with Crippen LogP contribution in [0.2, 0.25) is 0 Å². The molecule has 0 aromatic heterocycles. The number of hydrogen-bond acceptors (Lipinski definition) is 3. The largest absolute Gasteiger partial charge is 0.489 e. The van der Waals surface area contributed by atoms with Gasteiger partial charge in [-0.25, -0.2) is 0 Å². The molecule has 3 aromatic carbocycles. The van der Waals surface area contributed by atoms with Crippen LogP contribution in [0.5, 0.6) is 5.75 Å². The molecule has 0 saturated carbocycles. The first-order valence-corrected chi connectivity index (χ1v) is 10.4. The molecule has 3 rings (SSSR count). The van der Waals surface area contributed by atoms with Crippen LogP contribution >= 0.6 is 0 Å². The summed E-state index contributed by atoms with van der Waals surface area (Å²) >= 11 is 0. The first kappa shape index (κ1) is 22.1. The maximum absolute atomic E-state index is 12.2. The first-order chi connectivity index (χ1) is 15.0. The summed E-state index contributed by atoms with van der Waals surface area (Å²) in [6.07, 6.45) is 0.704. The summed E-state index contributed by atoms with van der Waals surface area (Å²) in [5.41, 5.74) is 4.84. The molecule has 0 aliphatic heterocycles. The van der Waals surface area contributed by atoms with Gasteiger partial charge in [-0.2, -0.15) is 0 Å². The number of ether oxygens (including phenoxy) is 1. The van der Waals surface area contributed by atoms with Crippen LogP contribution in [-0.4, -0.2) is 24.9 Å². The lowest BCUT2D eigenvalue weighted by Crippen LogP contribution is -2.37. The molecular formula is C26H28N2O3. The molecule has 31 heavy (non-hydrogen) atoms. The Bertz CT molecular complexity index is 994. The second-order valence-corrected chi connectivity index (χ2v) is 7.58. The second-order valence-electron chi connectivity index (χ2n) is 7.58. The van der Waals surface area contributed by atoms with Gasteiger partial charge in [-0.1, -0.05) is 59.7 Å². The number of aryl methyl sites for hydroxylation is 2. The molecule has 0 bridgehead atoms. The van der Waals surface area contributed by atoms with Gasteiger partial charge in [0.15, 0.2) is 0 Å². The maximum atomic E-state index is 12.2. The van der Waals surface area contributed by atoms with E-state index < -0.39 is 0 Å². The standard InChI is InChI=1S/C26H28N2O3/c1-19-14-20(2)16-23(15-19)26(30)28-17-25(29)27-13-12-21-8-10-24(11-9-21)31-18-22-6-4-3-5-7-22/h3-11,14-16H,12-13,17-18H2,1-2H3,(H,27,29)(H,28,30). The summed E-state index contributed by atoms with van der Waals surface area (Å²) in [7, 11) is 0. The number of carbonyl (C=O) groups excluding carboxylic acids is 2. The van der Waals surface area contributed by atoms with Crippen molar-refractivity contribution < 1.29 is 14.3 Å². The van der Waals surface area contributed by atoms with E-state index in [2.05, 4.69) is 10.6 Å². The highest BCUT2D eigenvalue weighted by Crippen LogP contribution is 2.14. The minimum atomic E-state index is -0.243. The maximum Gasteiger partial charge on any atom is 0.251 e. The highest BCUT2D eigenvalue weighted by molar-refractivity contribution is 5.96. The van der Waals surface area contributed by atoms with E-state index in [0.29, 0.717) is 25.1 Å². The summed E-state index contributed by atoms with van der Waals surface area (Å²) in [6.45, 7) is 4.88. The molecule has 0 spiro atoms. The van der Waals surface area contributed by atoms with Crippen LogP contribution in [0.25, 0.3) is 0 Å². The van der Waals surface area contributed by atoms with Crippen molar-refractivity contribution in [2.45, 2.75) is 26.9 Å². The van der Waals surface area contributed by atoms with Crippen molar-refractivity contribution in [3.05, 3.63) is 101 Å². The van der Waals surface area contributed by atoms with E-state index in [9.17, 15) is 9.59 Å². The fraction of sp³-hybridized carbons (Fsp3) is 0.231. The van der Waals surface area contributed by atoms with Crippen LogP contribution in [-0.2, 0) is 17.8 Å². The normalized spacial score (nSPS) is 10.4. The van der Waals surface area contributed by atoms with E-state index in [1.807, 2.05) is 86.6 Å². The van der Waals surface area contributed by atoms with Crippen LogP contribution in [0.4, 0.5) is 0 Å². The Morgan fingerprint density at radius 2 is 1.48 bits per heavy atom. The van der Waals surface area contributed by atoms with Crippen LogP contribution in [0.15, 0.2) is 72.8 Å². The molecule has 2 amide bonds. The third kappa shape index (κ3) is 7.30. The van der Waals surface area contributed by atoms with Gasteiger partial charge in [0.1, 0.15) is 12.4 Å². The van der Waals surface area contributed by atoms with Crippen molar-refractivity contribution >= 4 is 11.8 Å². The Hall–Kier alpha value is -3.60. The summed E-state index contributed by atoms with van der Waals surface area (Å²) in [5.74, 6) is 0.360. The molecule has 0 unspecified atom stereocenters. The number of amides is 2. The molecule has 0 aliphatic rings. The molecule has 0 fully saturated rings. The highest BCUT2D eigenvalue weighted by Gasteiger charge is 2.09. The van der Waals surface area contributed by atoms with Gasteiger partial charge in [-0.05, 0) is 55.7 Å². The number of rotatable bonds is 9. The van der Waals surface area contributed by atoms with Crippen LogP contribution in [0.3, 0.4) is 0 Å². The number of hydrogen-bond donors (Lipinski definition) is 2. The van der Waals surface area contributed by atoms with Gasteiger partial charge in [0.25, 0.3) is 5.91 Å². The predicted octanol–water partition coefficient (Wildman–Crippen LogP) is 3.97. The summed E-state index contributed by atoms with van der Waals surface area (Å²) in [6, 6.07) is 23.5. The molecule has 0 atom stereocenters. The van der Waals surface area contributed by atoms with Crippen molar-refractivity contribution in [2.75, 3.05) is 13.1 Å². The average Bonchev–Trinajstić information content (AvgIpc) is 2.77. The Morgan fingerprint density at radius 3 is 2.16 bits per heavy atom. The van der Waals surface area contributed by atoms with E-state index >= 15 is 0 Å². The zero-order valence-corrected chi connectivity index (χ0v) is 18.0. The molecule has 0 aliphatic carbocycles. The van der Waals surface area contributed by atoms with E-state index in [1.54, 1.807) is 0 Å². The van der Waals surface area contributed by atoms with Crippen molar-refractivity contribution in [1.82, 2.24) is 10.6 Å². The van der Waals surface area contributed by atoms with Gasteiger partial charge in [0.2, 0.25) is 5.91 Å². The monoisotopic (exact) mass is 416 g/mol. The highest BCUT2D eigenvalue weighted by atomic mass is 16.5. The van der Waals surface area contributed by atoms with Crippen LogP contribution in [0.1, 0.15) is 32.6 Å². The Balaban J connectivity index is 1.36. The van der Waals surface area contributed by atoms with Gasteiger partial charge in [0, 0.05) is 12.1 Å². The lowest BCUT2D eigenvalue weighted by molar-refractivity contribution is -0.120. The van der Waals surface area contributed by atoms with Crippen molar-refractivity contribution in [3.8, 4) is 5.75 Å². The zero-order valence-electron chi connectivity index (χ0n) is 18.0. The van der Waals surface area contributed by atoms with Crippen LogP contribution < -0.4 is 15.4 Å². The molecular weight excluding hydrogens is 388 g/mol. The fourth-order valence-corrected chi connectivity index (χ4v) is 3.27. The Kier molecular flexibility index (Phi) is 7.82. The average molecular weight is 417 g/mol. The molecule has 0 saturated heterocycles. The SMILES string of the molecule is Cc1cc(C)cc(C(=O)NCC(=O)NCCc2ccc(OCc3ccccc3)cc2)c1. The van der Waals surface area contributed by atoms with E-state index in [4.69, 9.17) is 4.74 Å². The van der Waals surface area contributed by atoms with Gasteiger partial charge in [0.05, 0.1) is 6.54 Å². The molecule has 0 radical (unpaired) electrons. The summed E-state index contributed by atoms with van der Waals surface area (Å²) in [4.78, 5) is 24.3. The van der Waals surface area contributed by atoms with Gasteiger partial charge < -0.3 is 15.4 Å².